The zero-order valence-corrected chi connectivity index (χ0v) is 16.6. The lowest BCUT2D eigenvalue weighted by molar-refractivity contribution is 0.0984. The minimum Gasteiger partial charge on any atom is -0.380 e. The van der Waals surface area contributed by atoms with Crippen LogP contribution in [0.25, 0.3) is 10.8 Å². The molecule has 1 saturated heterocycles. The Balaban J connectivity index is 1.61. The number of nitrogens with zero attached hydrogens (tertiary/aromatic N) is 4. The number of aromatic nitrogens is 2. The van der Waals surface area contributed by atoms with E-state index in [2.05, 4.69) is 22.1 Å². The van der Waals surface area contributed by atoms with Gasteiger partial charge in [-0.05, 0) is 17.9 Å². The molecule has 0 aliphatic carbocycles. The number of likely N-dealkylation sites (tertiary alicyclic amines) is 1. The van der Waals surface area contributed by atoms with Gasteiger partial charge in [0, 0.05) is 58.0 Å². The fraction of sp³-hybridized carbons (Fsp3) is 0.364. The molecule has 2 heterocycles. The molecule has 3 aromatic rings. The normalized spacial score (nSPS) is 17.3. The van der Waals surface area contributed by atoms with Crippen LogP contribution in [0.1, 0.15) is 22.5 Å². The van der Waals surface area contributed by atoms with Crippen molar-refractivity contribution in [1.82, 2.24) is 14.7 Å². The van der Waals surface area contributed by atoms with E-state index >= 15 is 0 Å². The quantitative estimate of drug-likeness (QED) is 0.685. The summed E-state index contributed by atoms with van der Waals surface area (Å²) in [6.07, 6.45) is 3.24. The maximum absolute atomic E-state index is 13.3. The SMILES string of the molecule is COC1CCN(Cc2cn(C)nc2C(=O)N(C)c2cccc3ccccc23)C1. The maximum Gasteiger partial charge on any atom is 0.278 e. The highest BCUT2D eigenvalue weighted by Crippen LogP contribution is 2.27. The summed E-state index contributed by atoms with van der Waals surface area (Å²) in [6, 6.07) is 14.1. The minimum absolute atomic E-state index is 0.0885. The van der Waals surface area contributed by atoms with Gasteiger partial charge < -0.3 is 9.64 Å². The highest BCUT2D eigenvalue weighted by atomic mass is 16.5. The molecular weight excluding hydrogens is 352 g/mol. The van der Waals surface area contributed by atoms with Gasteiger partial charge in [-0.15, -0.1) is 0 Å². The smallest absolute Gasteiger partial charge is 0.278 e. The third-order valence-corrected chi connectivity index (χ3v) is 5.50. The Morgan fingerprint density at radius 2 is 2.04 bits per heavy atom. The molecule has 0 spiro atoms. The van der Waals surface area contributed by atoms with Crippen LogP contribution in [0.5, 0.6) is 0 Å². The molecule has 6 nitrogen and oxygen atoms in total. The molecule has 1 fully saturated rings. The van der Waals surface area contributed by atoms with E-state index in [4.69, 9.17) is 4.74 Å². The number of benzene rings is 2. The van der Waals surface area contributed by atoms with Crippen LogP contribution in [0.15, 0.2) is 48.7 Å². The Bertz CT molecular complexity index is 992. The summed E-state index contributed by atoms with van der Waals surface area (Å²) < 4.78 is 7.19. The van der Waals surface area contributed by atoms with Crippen molar-refractivity contribution >= 4 is 22.4 Å². The van der Waals surface area contributed by atoms with Crippen molar-refractivity contribution in [2.75, 3.05) is 32.1 Å². The lowest BCUT2D eigenvalue weighted by Gasteiger charge is -2.20. The average Bonchev–Trinajstić information content (AvgIpc) is 3.32. The zero-order valence-electron chi connectivity index (χ0n) is 16.6. The Hall–Kier alpha value is -2.70. The fourth-order valence-corrected chi connectivity index (χ4v) is 3.98. The van der Waals surface area contributed by atoms with E-state index in [0.717, 1.165) is 41.5 Å². The summed E-state index contributed by atoms with van der Waals surface area (Å²) in [5, 5.41) is 6.66. The number of amides is 1. The predicted octanol–water partition coefficient (Wildman–Crippen LogP) is 3.07. The monoisotopic (exact) mass is 378 g/mol. The van der Waals surface area contributed by atoms with Crippen molar-refractivity contribution in [2.24, 2.45) is 7.05 Å². The first-order valence-corrected chi connectivity index (χ1v) is 9.60. The summed E-state index contributed by atoms with van der Waals surface area (Å²) in [5.41, 5.74) is 2.36. The van der Waals surface area contributed by atoms with Crippen molar-refractivity contribution in [3.63, 3.8) is 0 Å². The summed E-state index contributed by atoms with van der Waals surface area (Å²) in [4.78, 5) is 17.3. The van der Waals surface area contributed by atoms with Gasteiger partial charge in [0.1, 0.15) is 0 Å². The van der Waals surface area contributed by atoms with E-state index in [9.17, 15) is 4.79 Å². The molecule has 146 valence electrons. The molecule has 28 heavy (non-hydrogen) atoms. The van der Waals surface area contributed by atoms with Crippen LogP contribution in [0, 0.1) is 0 Å². The molecule has 1 unspecified atom stereocenters. The number of carbonyl (C=O) groups is 1. The molecule has 0 saturated carbocycles. The van der Waals surface area contributed by atoms with Crippen LogP contribution in [0.2, 0.25) is 0 Å². The van der Waals surface area contributed by atoms with E-state index in [1.54, 1.807) is 16.7 Å². The number of fused-ring (bicyclic) bond motifs is 1. The highest BCUT2D eigenvalue weighted by molar-refractivity contribution is 6.10. The Kier molecular flexibility index (Phi) is 5.15. The van der Waals surface area contributed by atoms with Crippen LogP contribution in [0.3, 0.4) is 0 Å². The van der Waals surface area contributed by atoms with Gasteiger partial charge in [-0.3, -0.25) is 14.4 Å². The Labute approximate surface area is 165 Å². The van der Waals surface area contributed by atoms with Gasteiger partial charge in [0.15, 0.2) is 5.69 Å². The molecule has 0 bridgehead atoms. The van der Waals surface area contributed by atoms with Crippen molar-refractivity contribution in [3.8, 4) is 0 Å². The summed E-state index contributed by atoms with van der Waals surface area (Å²) in [5.74, 6) is -0.0885. The van der Waals surface area contributed by atoms with Crippen LogP contribution in [-0.4, -0.2) is 53.9 Å². The molecular formula is C22H26N4O2. The second kappa shape index (κ2) is 7.73. The molecule has 2 aromatic carbocycles. The van der Waals surface area contributed by atoms with Gasteiger partial charge in [0.25, 0.3) is 5.91 Å². The lowest BCUT2D eigenvalue weighted by atomic mass is 10.1. The van der Waals surface area contributed by atoms with E-state index in [1.165, 1.54) is 0 Å². The lowest BCUT2D eigenvalue weighted by Crippen LogP contribution is -2.29. The zero-order chi connectivity index (χ0) is 19.7. The number of anilines is 1. The first kappa shape index (κ1) is 18.7. The van der Waals surface area contributed by atoms with Crippen molar-refractivity contribution in [3.05, 3.63) is 59.9 Å². The molecule has 1 aromatic heterocycles. The number of methoxy groups -OCH3 is 1. The Morgan fingerprint density at radius 3 is 2.82 bits per heavy atom. The number of hydrogen-bond acceptors (Lipinski definition) is 4. The van der Waals surface area contributed by atoms with Crippen molar-refractivity contribution in [2.45, 2.75) is 19.1 Å². The second-order valence-corrected chi connectivity index (χ2v) is 7.42. The van der Waals surface area contributed by atoms with Crippen molar-refractivity contribution in [1.29, 1.82) is 0 Å². The van der Waals surface area contributed by atoms with Gasteiger partial charge in [0.2, 0.25) is 0 Å². The highest BCUT2D eigenvalue weighted by Gasteiger charge is 2.26. The minimum atomic E-state index is -0.0885. The molecule has 0 N–H and O–H groups in total. The summed E-state index contributed by atoms with van der Waals surface area (Å²) in [6.45, 7) is 2.57. The van der Waals surface area contributed by atoms with E-state index < -0.39 is 0 Å². The maximum atomic E-state index is 13.3. The topological polar surface area (TPSA) is 50.6 Å². The number of rotatable bonds is 5. The van der Waals surface area contributed by atoms with Gasteiger partial charge >= 0.3 is 0 Å². The van der Waals surface area contributed by atoms with E-state index in [1.807, 2.05) is 50.6 Å². The predicted molar refractivity (Wildman–Crippen MR) is 111 cm³/mol. The first-order valence-electron chi connectivity index (χ1n) is 9.60. The molecule has 1 aliphatic rings. The molecule has 0 radical (unpaired) electrons. The molecule has 1 aliphatic heterocycles. The van der Waals surface area contributed by atoms with Crippen LogP contribution in [-0.2, 0) is 18.3 Å². The molecule has 1 amide bonds. The standard InChI is InChI=1S/C22H26N4O2/c1-24-13-17(14-26-12-11-18(15-26)28-3)21(23-24)22(27)25(2)20-10-6-8-16-7-4-5-9-19(16)20/h4-10,13,18H,11-12,14-15H2,1-3H3. The average molecular weight is 378 g/mol. The largest absolute Gasteiger partial charge is 0.380 e. The molecule has 1 atom stereocenters. The second-order valence-electron chi connectivity index (χ2n) is 7.42. The van der Waals surface area contributed by atoms with Gasteiger partial charge in [-0.25, -0.2) is 0 Å². The van der Waals surface area contributed by atoms with Crippen LogP contribution < -0.4 is 4.90 Å². The van der Waals surface area contributed by atoms with Gasteiger partial charge in [-0.1, -0.05) is 36.4 Å². The third kappa shape index (κ3) is 3.53. The number of hydrogen-bond donors (Lipinski definition) is 0. The van der Waals surface area contributed by atoms with Crippen molar-refractivity contribution < 1.29 is 9.53 Å². The molecule has 4 rings (SSSR count). The van der Waals surface area contributed by atoms with Gasteiger partial charge in [-0.2, -0.15) is 5.10 Å². The fourth-order valence-electron chi connectivity index (χ4n) is 3.98. The van der Waals surface area contributed by atoms with Crippen LogP contribution >= 0.6 is 0 Å². The van der Waals surface area contributed by atoms with E-state index in [-0.39, 0.29) is 12.0 Å². The summed E-state index contributed by atoms with van der Waals surface area (Å²) >= 11 is 0. The number of carbonyl (C=O) groups excluding carboxylic acids is 1. The first-order chi connectivity index (χ1) is 13.6. The molecule has 6 heteroatoms. The van der Waals surface area contributed by atoms with E-state index in [0.29, 0.717) is 12.2 Å². The Morgan fingerprint density at radius 1 is 1.25 bits per heavy atom. The third-order valence-electron chi connectivity index (χ3n) is 5.50. The summed E-state index contributed by atoms with van der Waals surface area (Å²) in [7, 11) is 5.44. The van der Waals surface area contributed by atoms with Crippen LogP contribution in [0.4, 0.5) is 5.69 Å². The van der Waals surface area contributed by atoms with Gasteiger partial charge in [0.05, 0.1) is 11.8 Å². The number of ether oxygens (including phenoxy) is 1. The number of aryl methyl sites for hydroxylation is 1.